The molecule has 2 aliphatic heterocycles. The third kappa shape index (κ3) is 19.5. The third-order valence-electron chi connectivity index (χ3n) is 14.9. The number of carbonyl (C=O) groups is 8. The second kappa shape index (κ2) is 33.8. The van der Waals surface area contributed by atoms with Crippen molar-refractivity contribution < 1.29 is 97.8 Å². The predicted molar refractivity (Wildman–Crippen MR) is 325 cm³/mol. The van der Waals surface area contributed by atoms with Gasteiger partial charge in [-0.2, -0.15) is 0 Å². The van der Waals surface area contributed by atoms with Gasteiger partial charge in [-0.05, 0) is 27.7 Å². The number of ether oxygens (including phenoxy) is 5. The summed E-state index contributed by atoms with van der Waals surface area (Å²) in [7, 11) is 0. The number of H-pyrrole nitrogens is 1. The molecule has 0 radical (unpaired) electrons. The number of carbonyl (C=O) groups excluding carboxylic acids is 8. The van der Waals surface area contributed by atoms with Crippen LogP contribution in [0.1, 0.15) is 95.7 Å². The van der Waals surface area contributed by atoms with Crippen molar-refractivity contribution in [3.8, 4) is 10.7 Å². The molecule has 19 atom stereocenters. The summed E-state index contributed by atoms with van der Waals surface area (Å²) in [5.74, 6) is -8.80. The summed E-state index contributed by atoms with van der Waals surface area (Å²) in [6.07, 6.45) is -23.5. The molecule has 0 aliphatic carbocycles. The number of hydrogen-bond donors (Lipinski definition) is 21. The van der Waals surface area contributed by atoms with Crippen molar-refractivity contribution in [2.45, 2.75) is 164 Å². The standard InChI is InChI=1S/C53H79N19O20S2/c1-17-31(69-44(72-42(17)58)23(10-29(57)75)64-11-22(54)43(59)81)48(85)71-33(39(24-12-61-16-65-24)90-52-41(37(79)35(77)21(5)88-52)91-51-38(80)40(92-53(60)87)36(78)27(13-73)89-51)49(86)66-19(3)34(76)18(2)45(82)70-32(20(4)74)47(84)63-9-7-30-67-26(15-93-30)50-68-25(14-94-50)46(83)62-8-6-28(55)56/h12,14-16,18-23,27,32-41,51-52,64,73-74,76-80H,6-11,13,54H2,1-5H3,(H3,55,56)(H2,57,75)(H2,59,81)(H2,60,87)(H,61,65)(H,62,83)(H,63,84)(H,66,86)(H,70,82)(H,71,85)(H2,58,69,72)/t18-,19+,20+,21-,22-,23-,27-,32-,33-,34-,35+,36+,37-,38-,39-,40-,41-,51+,52-/m0/s1. The van der Waals surface area contributed by atoms with E-state index in [1.807, 2.05) is 0 Å². The molecule has 0 bridgehead atoms. The molecular weight excluding hydrogens is 1290 g/mol. The second-order valence-corrected chi connectivity index (χ2v) is 23.8. The molecule has 8 amide bonds. The topological polar surface area (TPSA) is 657 Å². The number of aliphatic hydroxyl groups is 7. The average molecular weight is 1370 g/mol. The molecule has 6 heterocycles. The lowest BCUT2D eigenvalue weighted by molar-refractivity contribution is -0.369. The Morgan fingerprint density at radius 1 is 0.809 bits per heavy atom. The minimum Gasteiger partial charge on any atom is -0.441 e. The van der Waals surface area contributed by atoms with Crippen LogP contribution in [0.4, 0.5) is 10.6 Å². The van der Waals surface area contributed by atoms with Crippen LogP contribution in [0.3, 0.4) is 0 Å². The monoisotopic (exact) mass is 1370 g/mol. The van der Waals surface area contributed by atoms with Gasteiger partial charge in [-0.15, -0.1) is 22.7 Å². The summed E-state index contributed by atoms with van der Waals surface area (Å²) in [6.45, 7) is 5.17. The molecule has 4 aromatic heterocycles. The number of anilines is 1. The van der Waals surface area contributed by atoms with E-state index >= 15 is 4.79 Å². The second-order valence-electron chi connectivity index (χ2n) is 22.0. The van der Waals surface area contributed by atoms with E-state index in [2.05, 4.69) is 61.8 Å². The van der Waals surface area contributed by atoms with Crippen molar-refractivity contribution in [1.82, 2.24) is 61.8 Å². The molecule has 2 saturated heterocycles. The lowest BCUT2D eigenvalue weighted by Gasteiger charge is -2.46. The maximum atomic E-state index is 15.2. The van der Waals surface area contributed by atoms with Crippen LogP contribution in [0.5, 0.6) is 0 Å². The molecule has 0 spiro atoms. The van der Waals surface area contributed by atoms with E-state index in [0.29, 0.717) is 15.7 Å². The van der Waals surface area contributed by atoms with Crippen LogP contribution >= 0.6 is 22.7 Å². The van der Waals surface area contributed by atoms with Crippen LogP contribution in [0.15, 0.2) is 23.3 Å². The van der Waals surface area contributed by atoms with Gasteiger partial charge in [0.1, 0.15) is 88.5 Å². The lowest BCUT2D eigenvalue weighted by Crippen LogP contribution is -2.65. The fraction of sp³-hybridized carbons (Fsp3) is 0.585. The smallest absolute Gasteiger partial charge is 0.404 e. The number of imidazole rings is 1. The number of aliphatic hydroxyl groups excluding tert-OH is 7. The maximum absolute atomic E-state index is 15.2. The Balaban J connectivity index is 1.26. The van der Waals surface area contributed by atoms with E-state index in [1.165, 1.54) is 57.3 Å². The first-order valence-corrected chi connectivity index (χ1v) is 30.7. The number of amidine groups is 1. The zero-order chi connectivity index (χ0) is 69.6. The average Bonchev–Trinajstić information content (AvgIpc) is 0.855. The number of nitrogen functional groups attached to an aromatic ring is 1. The number of nitrogens with two attached hydrogens (primary N) is 6. The van der Waals surface area contributed by atoms with Gasteiger partial charge in [0.2, 0.25) is 29.5 Å². The fourth-order valence-electron chi connectivity index (χ4n) is 9.49. The van der Waals surface area contributed by atoms with E-state index in [-0.39, 0.29) is 66.9 Å². The van der Waals surface area contributed by atoms with Crippen molar-refractivity contribution in [2.75, 3.05) is 32.0 Å². The van der Waals surface area contributed by atoms with Gasteiger partial charge in [0.15, 0.2) is 18.7 Å². The molecule has 94 heavy (non-hydrogen) atoms. The Kier molecular flexibility index (Phi) is 26.9. The molecule has 41 heteroatoms. The number of aromatic amines is 1. The van der Waals surface area contributed by atoms with E-state index in [1.54, 1.807) is 10.8 Å². The molecule has 0 unspecified atom stereocenters. The van der Waals surface area contributed by atoms with Crippen molar-refractivity contribution in [3.05, 3.63) is 56.8 Å². The van der Waals surface area contributed by atoms with Crippen LogP contribution in [-0.2, 0) is 54.1 Å². The quantitative estimate of drug-likeness (QED) is 0.0156. The first kappa shape index (κ1) is 74.9. The van der Waals surface area contributed by atoms with Crippen molar-refractivity contribution in [3.63, 3.8) is 0 Å². The SMILES string of the molecule is Cc1c(N)nc([C@H](CC(N)=O)NC[C@H](N)C(N)=O)nc1C(=O)N[C@H](C(=O)N[C@H](C)[C@@H](O)[C@H](C)C(=O)N[C@H](C(=O)NCCc1nc(-c2nc(C(=O)NCCC(=N)N)cs2)cs1)[C@@H](C)O)[C@@H](O[C@@H]1O[C@@H](C)[C@@H](O)[C@H](O)[C@@H]1O[C@H]1O[C@@H](CO)[C@@H](O)[C@H](OC(N)=O)[C@@H]1O)c1cnc[nH]1. The van der Waals surface area contributed by atoms with Crippen LogP contribution < -0.4 is 66.3 Å². The maximum Gasteiger partial charge on any atom is 0.404 e. The highest BCUT2D eigenvalue weighted by Gasteiger charge is 2.53. The predicted octanol–water partition coefficient (Wildman–Crippen LogP) is -7.62. The van der Waals surface area contributed by atoms with Crippen LogP contribution in [0.25, 0.3) is 10.7 Å². The molecular formula is C53H79N19O20S2. The van der Waals surface area contributed by atoms with Crippen molar-refractivity contribution >= 4 is 81.8 Å². The number of nitrogens with one attached hydrogen (secondary N) is 8. The van der Waals surface area contributed by atoms with Gasteiger partial charge in [-0.1, -0.05) is 6.92 Å². The summed E-state index contributed by atoms with van der Waals surface area (Å²) in [5.41, 5.74) is 33.3. The number of thiazole rings is 2. The van der Waals surface area contributed by atoms with Gasteiger partial charge in [0.05, 0.1) is 78.0 Å². The largest absolute Gasteiger partial charge is 0.441 e. The highest BCUT2D eigenvalue weighted by Crippen LogP contribution is 2.35. The number of nitrogens with zero attached hydrogens (tertiary/aromatic N) is 5. The first-order valence-electron chi connectivity index (χ1n) is 29.0. The van der Waals surface area contributed by atoms with Gasteiger partial charge in [0.25, 0.3) is 11.8 Å². The van der Waals surface area contributed by atoms with E-state index in [4.69, 9.17) is 63.5 Å². The Hall–Kier alpha value is -8.14. The van der Waals surface area contributed by atoms with Crippen molar-refractivity contribution in [2.24, 2.45) is 34.6 Å². The third-order valence-corrected chi connectivity index (χ3v) is 16.7. The highest BCUT2D eigenvalue weighted by atomic mass is 32.1. The van der Waals surface area contributed by atoms with Crippen LogP contribution in [0.2, 0.25) is 0 Å². The molecule has 0 saturated carbocycles. The summed E-state index contributed by atoms with van der Waals surface area (Å²) >= 11 is 2.42. The summed E-state index contributed by atoms with van der Waals surface area (Å²) in [5, 5.41) is 105. The highest BCUT2D eigenvalue weighted by molar-refractivity contribution is 7.14. The zero-order valence-electron chi connectivity index (χ0n) is 51.2. The minimum absolute atomic E-state index is 0.0226. The van der Waals surface area contributed by atoms with E-state index in [0.717, 1.165) is 12.5 Å². The summed E-state index contributed by atoms with van der Waals surface area (Å²) in [6, 6.07) is -7.75. The Morgan fingerprint density at radius 3 is 2.15 bits per heavy atom. The van der Waals surface area contributed by atoms with Gasteiger partial charge in [0, 0.05) is 55.2 Å². The Bertz CT molecular complexity index is 3290. The molecule has 27 N–H and O–H groups in total. The van der Waals surface area contributed by atoms with E-state index < -0.39 is 182 Å². The Labute approximate surface area is 542 Å². The normalized spacial score (nSPS) is 24.1. The minimum atomic E-state index is -2.13. The first-order chi connectivity index (χ1) is 44.3. The van der Waals surface area contributed by atoms with E-state index in [9.17, 15) is 69.3 Å². The molecule has 518 valence electrons. The number of hydrogen-bond acceptors (Lipinski definition) is 31. The molecule has 39 nitrogen and oxygen atoms in total. The van der Waals surface area contributed by atoms with Gasteiger partial charge >= 0.3 is 6.09 Å². The lowest BCUT2D eigenvalue weighted by atomic mass is 9.96. The number of amides is 8. The molecule has 6 rings (SSSR count). The number of aromatic nitrogens is 6. The summed E-state index contributed by atoms with van der Waals surface area (Å²) in [4.78, 5) is 130. The van der Waals surface area contributed by atoms with Gasteiger partial charge < -0.3 is 131 Å². The van der Waals surface area contributed by atoms with Gasteiger partial charge in [-0.25, -0.2) is 29.7 Å². The fourth-order valence-corrected chi connectivity index (χ4v) is 11.1. The molecule has 2 aliphatic rings. The van der Waals surface area contributed by atoms with Crippen LogP contribution in [0, 0.1) is 18.3 Å². The van der Waals surface area contributed by atoms with Crippen molar-refractivity contribution in [1.29, 1.82) is 5.41 Å². The Morgan fingerprint density at radius 2 is 1.52 bits per heavy atom. The summed E-state index contributed by atoms with van der Waals surface area (Å²) < 4.78 is 28.9. The number of primary amides is 3. The van der Waals surface area contributed by atoms with Gasteiger partial charge in [-0.3, -0.25) is 39.0 Å². The molecule has 4 aromatic rings. The zero-order valence-corrected chi connectivity index (χ0v) is 52.8. The molecule has 0 aromatic carbocycles. The van der Waals surface area contributed by atoms with Crippen LogP contribution in [-0.4, -0.2) is 243 Å². The molecule has 2 fully saturated rings. The number of rotatable bonds is 33.